The van der Waals surface area contributed by atoms with Gasteiger partial charge in [-0.2, -0.15) is 0 Å². The molecule has 0 saturated heterocycles. The lowest BCUT2D eigenvalue weighted by atomic mass is 10.1. The van der Waals surface area contributed by atoms with Crippen molar-refractivity contribution in [2.75, 3.05) is 6.79 Å². The van der Waals surface area contributed by atoms with Crippen molar-refractivity contribution >= 4 is 11.6 Å². The minimum Gasteiger partial charge on any atom is -0.454 e. The van der Waals surface area contributed by atoms with Crippen molar-refractivity contribution in [3.05, 3.63) is 88.7 Å². The molecule has 0 aliphatic carbocycles. The minimum absolute atomic E-state index is 0.296. The van der Waals surface area contributed by atoms with Gasteiger partial charge in [-0.3, -0.25) is 9.88 Å². The Hall–Kier alpha value is -2.56. The summed E-state index contributed by atoms with van der Waals surface area (Å²) in [6, 6.07) is 18.2. The first-order chi connectivity index (χ1) is 12.8. The summed E-state index contributed by atoms with van der Waals surface area (Å²) in [6.07, 6.45) is 3.66. The number of aromatic nitrogens is 1. The van der Waals surface area contributed by atoms with E-state index in [9.17, 15) is 0 Å². The van der Waals surface area contributed by atoms with Gasteiger partial charge in [0.05, 0.1) is 0 Å². The number of pyridine rings is 1. The molecule has 3 aromatic rings. The van der Waals surface area contributed by atoms with E-state index < -0.39 is 0 Å². The zero-order valence-electron chi connectivity index (χ0n) is 14.3. The molecule has 2 heterocycles. The lowest BCUT2D eigenvalue weighted by Gasteiger charge is -2.23. The van der Waals surface area contributed by atoms with Gasteiger partial charge < -0.3 is 9.47 Å². The Labute approximate surface area is 158 Å². The normalized spacial score (nSPS) is 12.5. The highest BCUT2D eigenvalue weighted by Crippen LogP contribution is 2.33. The number of fused-ring (bicyclic) bond motifs is 1. The maximum Gasteiger partial charge on any atom is 0.231 e. The first-order valence-corrected chi connectivity index (χ1v) is 8.88. The first-order valence-electron chi connectivity index (χ1n) is 8.50. The molecule has 0 amide bonds. The van der Waals surface area contributed by atoms with Crippen molar-refractivity contribution < 1.29 is 9.47 Å². The summed E-state index contributed by atoms with van der Waals surface area (Å²) >= 11 is 6.02. The molecule has 0 radical (unpaired) electrons. The summed E-state index contributed by atoms with van der Waals surface area (Å²) in [5.41, 5.74) is 3.65. The molecule has 0 bridgehead atoms. The topological polar surface area (TPSA) is 34.6 Å². The molecule has 0 spiro atoms. The number of hydrogen-bond donors (Lipinski definition) is 0. The van der Waals surface area contributed by atoms with E-state index in [1.54, 1.807) is 0 Å². The zero-order valence-corrected chi connectivity index (χ0v) is 15.0. The van der Waals surface area contributed by atoms with E-state index in [-0.39, 0.29) is 0 Å². The van der Waals surface area contributed by atoms with Crippen LogP contribution in [0, 0.1) is 0 Å². The second kappa shape index (κ2) is 7.77. The third kappa shape index (κ3) is 4.15. The van der Waals surface area contributed by atoms with Crippen LogP contribution in [0.4, 0.5) is 0 Å². The van der Waals surface area contributed by atoms with Gasteiger partial charge in [0.1, 0.15) is 0 Å². The molecule has 4 nitrogen and oxygen atoms in total. The van der Waals surface area contributed by atoms with Gasteiger partial charge in [0.15, 0.2) is 11.5 Å². The molecule has 4 rings (SSSR count). The predicted octanol–water partition coefficient (Wildman–Crippen LogP) is 4.67. The second-order valence-electron chi connectivity index (χ2n) is 6.31. The van der Waals surface area contributed by atoms with Gasteiger partial charge in [-0.05, 0) is 53.1 Å². The third-order valence-electron chi connectivity index (χ3n) is 4.32. The largest absolute Gasteiger partial charge is 0.454 e. The Morgan fingerprint density at radius 1 is 0.769 bits per heavy atom. The van der Waals surface area contributed by atoms with Crippen molar-refractivity contribution in [3.8, 4) is 11.5 Å². The summed E-state index contributed by atoms with van der Waals surface area (Å²) < 4.78 is 10.9. The van der Waals surface area contributed by atoms with E-state index in [0.717, 1.165) is 36.2 Å². The maximum absolute atomic E-state index is 6.02. The summed E-state index contributed by atoms with van der Waals surface area (Å²) in [5.74, 6) is 1.63. The molecule has 0 unspecified atom stereocenters. The first kappa shape index (κ1) is 16.9. The summed E-state index contributed by atoms with van der Waals surface area (Å²) in [7, 11) is 0. The van der Waals surface area contributed by atoms with Gasteiger partial charge in [0.2, 0.25) is 6.79 Å². The monoisotopic (exact) mass is 366 g/mol. The summed E-state index contributed by atoms with van der Waals surface area (Å²) in [6.45, 7) is 2.76. The number of hydrogen-bond acceptors (Lipinski definition) is 4. The predicted molar refractivity (Wildman–Crippen MR) is 101 cm³/mol. The van der Waals surface area contributed by atoms with Crippen LogP contribution in [0.1, 0.15) is 16.7 Å². The van der Waals surface area contributed by atoms with Gasteiger partial charge in [0, 0.05) is 37.1 Å². The van der Waals surface area contributed by atoms with Crippen LogP contribution in [0.2, 0.25) is 5.02 Å². The SMILES string of the molecule is Clc1ccc(CN(Cc2ccncc2)Cc2ccc3c(c2)OCO3)cc1. The number of nitrogens with zero attached hydrogens (tertiary/aromatic N) is 2. The Kier molecular flexibility index (Phi) is 5.04. The fourth-order valence-electron chi connectivity index (χ4n) is 3.06. The highest BCUT2D eigenvalue weighted by atomic mass is 35.5. The van der Waals surface area contributed by atoms with Crippen LogP contribution in [0.15, 0.2) is 67.0 Å². The van der Waals surface area contributed by atoms with Crippen molar-refractivity contribution in [1.82, 2.24) is 9.88 Å². The molecule has 0 atom stereocenters. The fourth-order valence-corrected chi connectivity index (χ4v) is 3.19. The highest BCUT2D eigenvalue weighted by Gasteiger charge is 2.15. The highest BCUT2D eigenvalue weighted by molar-refractivity contribution is 6.30. The smallest absolute Gasteiger partial charge is 0.231 e. The molecular formula is C21H19ClN2O2. The van der Waals surface area contributed by atoms with Crippen molar-refractivity contribution in [3.63, 3.8) is 0 Å². The quantitative estimate of drug-likeness (QED) is 0.635. The number of benzene rings is 2. The van der Waals surface area contributed by atoms with E-state index in [4.69, 9.17) is 21.1 Å². The molecule has 0 N–H and O–H groups in total. The Morgan fingerprint density at radius 3 is 2.15 bits per heavy atom. The summed E-state index contributed by atoms with van der Waals surface area (Å²) in [4.78, 5) is 6.49. The van der Waals surface area contributed by atoms with Crippen LogP contribution in [0.5, 0.6) is 11.5 Å². The van der Waals surface area contributed by atoms with E-state index in [1.807, 2.05) is 30.6 Å². The minimum atomic E-state index is 0.296. The molecule has 2 aromatic carbocycles. The van der Waals surface area contributed by atoms with E-state index in [1.165, 1.54) is 16.7 Å². The van der Waals surface area contributed by atoms with Gasteiger partial charge in [-0.1, -0.05) is 29.8 Å². The van der Waals surface area contributed by atoms with Crippen molar-refractivity contribution in [1.29, 1.82) is 0 Å². The Morgan fingerprint density at radius 2 is 1.38 bits per heavy atom. The molecule has 0 fully saturated rings. The molecular weight excluding hydrogens is 348 g/mol. The number of rotatable bonds is 6. The van der Waals surface area contributed by atoms with Crippen molar-refractivity contribution in [2.45, 2.75) is 19.6 Å². The van der Waals surface area contributed by atoms with Crippen LogP contribution in [-0.2, 0) is 19.6 Å². The lowest BCUT2D eigenvalue weighted by Crippen LogP contribution is -2.22. The number of halogens is 1. The molecule has 5 heteroatoms. The molecule has 0 saturated carbocycles. The van der Waals surface area contributed by atoms with Gasteiger partial charge in [-0.25, -0.2) is 0 Å². The Bertz CT molecular complexity index is 869. The van der Waals surface area contributed by atoms with Gasteiger partial charge >= 0.3 is 0 Å². The maximum atomic E-state index is 6.02. The molecule has 1 aromatic heterocycles. The van der Waals surface area contributed by atoms with E-state index in [0.29, 0.717) is 6.79 Å². The molecule has 132 valence electrons. The van der Waals surface area contributed by atoms with Gasteiger partial charge in [0.25, 0.3) is 0 Å². The number of ether oxygens (including phenoxy) is 2. The van der Waals surface area contributed by atoms with Gasteiger partial charge in [-0.15, -0.1) is 0 Å². The lowest BCUT2D eigenvalue weighted by molar-refractivity contribution is 0.174. The van der Waals surface area contributed by atoms with Crippen molar-refractivity contribution in [2.24, 2.45) is 0 Å². The molecule has 1 aliphatic rings. The van der Waals surface area contributed by atoms with E-state index >= 15 is 0 Å². The third-order valence-corrected chi connectivity index (χ3v) is 4.57. The zero-order chi connectivity index (χ0) is 17.8. The second-order valence-corrected chi connectivity index (χ2v) is 6.75. The van der Waals surface area contributed by atoms with Crippen LogP contribution < -0.4 is 9.47 Å². The standard InChI is InChI=1S/C21H19ClN2O2/c22-19-4-1-16(2-5-19)12-24(13-17-7-9-23-10-8-17)14-18-3-6-20-21(11-18)26-15-25-20/h1-11H,12-15H2. The van der Waals surface area contributed by atoms with Crippen LogP contribution >= 0.6 is 11.6 Å². The molecule has 26 heavy (non-hydrogen) atoms. The Balaban J connectivity index is 1.54. The van der Waals surface area contributed by atoms with Crippen LogP contribution in [0.25, 0.3) is 0 Å². The molecule has 1 aliphatic heterocycles. The fraction of sp³-hybridized carbons (Fsp3) is 0.190. The average molecular weight is 367 g/mol. The average Bonchev–Trinajstić information content (AvgIpc) is 3.12. The van der Waals surface area contributed by atoms with E-state index in [2.05, 4.69) is 46.3 Å². The summed E-state index contributed by atoms with van der Waals surface area (Å²) in [5, 5.41) is 0.755. The van der Waals surface area contributed by atoms with Crippen LogP contribution in [-0.4, -0.2) is 16.7 Å². The van der Waals surface area contributed by atoms with Crippen LogP contribution in [0.3, 0.4) is 0 Å².